The van der Waals surface area contributed by atoms with Crippen molar-refractivity contribution in [1.82, 2.24) is 0 Å². The van der Waals surface area contributed by atoms with E-state index in [0.717, 1.165) is 11.7 Å². The van der Waals surface area contributed by atoms with Crippen molar-refractivity contribution >= 4 is 5.69 Å². The van der Waals surface area contributed by atoms with Gasteiger partial charge < -0.3 is 10.1 Å². The SMILES string of the molecule is CC1CC(C)C2Nc3cc(C(C)(C)C)ccc3OC2C1. The van der Waals surface area contributed by atoms with Crippen molar-refractivity contribution in [1.29, 1.82) is 0 Å². The van der Waals surface area contributed by atoms with Gasteiger partial charge in [0.05, 0.1) is 11.7 Å². The Kier molecular flexibility index (Phi) is 3.23. The first-order valence-electron chi connectivity index (χ1n) is 7.92. The molecule has 2 nitrogen and oxygen atoms in total. The van der Waals surface area contributed by atoms with Crippen molar-refractivity contribution < 1.29 is 4.74 Å². The molecule has 1 aromatic rings. The molecule has 1 saturated carbocycles. The predicted octanol–water partition coefficient (Wildman–Crippen LogP) is 4.59. The topological polar surface area (TPSA) is 21.3 Å². The molecule has 2 aliphatic rings. The molecule has 1 heterocycles. The van der Waals surface area contributed by atoms with Gasteiger partial charge in [-0.2, -0.15) is 0 Å². The highest BCUT2D eigenvalue weighted by molar-refractivity contribution is 5.61. The van der Waals surface area contributed by atoms with Crippen LogP contribution in [0.15, 0.2) is 18.2 Å². The van der Waals surface area contributed by atoms with Crippen molar-refractivity contribution in [2.45, 2.75) is 65.0 Å². The fourth-order valence-electron chi connectivity index (χ4n) is 3.70. The highest BCUT2D eigenvalue weighted by Crippen LogP contribution is 2.41. The third-order valence-corrected chi connectivity index (χ3v) is 4.87. The Bertz CT molecular complexity index is 503. The quantitative estimate of drug-likeness (QED) is 0.746. The second kappa shape index (κ2) is 4.68. The van der Waals surface area contributed by atoms with Crippen LogP contribution in [0, 0.1) is 11.8 Å². The molecule has 0 aromatic heterocycles. The van der Waals surface area contributed by atoms with E-state index in [4.69, 9.17) is 4.74 Å². The number of hydrogen-bond donors (Lipinski definition) is 1. The van der Waals surface area contributed by atoms with Gasteiger partial charge in [0.25, 0.3) is 0 Å². The van der Waals surface area contributed by atoms with Gasteiger partial charge in [-0.05, 0) is 47.8 Å². The van der Waals surface area contributed by atoms with E-state index >= 15 is 0 Å². The molecule has 0 amide bonds. The van der Waals surface area contributed by atoms with E-state index in [-0.39, 0.29) is 5.41 Å². The van der Waals surface area contributed by atoms with Crippen LogP contribution in [0.4, 0.5) is 5.69 Å². The summed E-state index contributed by atoms with van der Waals surface area (Å²) in [6.45, 7) is 11.5. The van der Waals surface area contributed by atoms with Crippen LogP contribution < -0.4 is 10.1 Å². The van der Waals surface area contributed by atoms with Crippen LogP contribution in [0.2, 0.25) is 0 Å². The van der Waals surface area contributed by atoms with E-state index in [0.29, 0.717) is 18.1 Å². The van der Waals surface area contributed by atoms with Gasteiger partial charge in [0.15, 0.2) is 0 Å². The molecule has 4 unspecified atom stereocenters. The third-order valence-electron chi connectivity index (χ3n) is 4.87. The maximum absolute atomic E-state index is 6.28. The normalized spacial score (nSPS) is 32.6. The third kappa shape index (κ3) is 2.41. The van der Waals surface area contributed by atoms with Crippen LogP contribution in [0.1, 0.15) is 53.0 Å². The Labute approximate surface area is 122 Å². The molecule has 0 radical (unpaired) electrons. The maximum atomic E-state index is 6.28. The van der Waals surface area contributed by atoms with Gasteiger partial charge in [-0.3, -0.25) is 0 Å². The highest BCUT2D eigenvalue weighted by Gasteiger charge is 2.38. The Balaban J connectivity index is 1.91. The Morgan fingerprint density at radius 1 is 1.15 bits per heavy atom. The van der Waals surface area contributed by atoms with Gasteiger partial charge in [0, 0.05) is 0 Å². The van der Waals surface area contributed by atoms with Gasteiger partial charge in [-0.1, -0.05) is 40.7 Å². The highest BCUT2D eigenvalue weighted by atomic mass is 16.5. The number of nitrogens with one attached hydrogen (secondary N) is 1. The van der Waals surface area contributed by atoms with E-state index in [9.17, 15) is 0 Å². The molecule has 1 fully saturated rings. The molecule has 0 saturated heterocycles. The zero-order valence-corrected chi connectivity index (χ0v) is 13.4. The number of hydrogen-bond acceptors (Lipinski definition) is 2. The van der Waals surface area contributed by atoms with Gasteiger partial charge in [-0.25, -0.2) is 0 Å². The summed E-state index contributed by atoms with van der Waals surface area (Å²) < 4.78 is 6.28. The fraction of sp³-hybridized carbons (Fsp3) is 0.667. The van der Waals surface area contributed by atoms with E-state index in [1.807, 2.05) is 0 Å². The summed E-state index contributed by atoms with van der Waals surface area (Å²) in [6.07, 6.45) is 2.80. The van der Waals surface area contributed by atoms with Gasteiger partial charge in [0.2, 0.25) is 0 Å². The number of ether oxygens (including phenoxy) is 1. The van der Waals surface area contributed by atoms with Crippen LogP contribution in [0.5, 0.6) is 5.75 Å². The second-order valence-corrected chi connectivity index (χ2v) is 7.84. The summed E-state index contributed by atoms with van der Waals surface area (Å²) in [5, 5.41) is 3.76. The van der Waals surface area contributed by atoms with E-state index in [1.165, 1.54) is 24.1 Å². The first kappa shape index (κ1) is 13.8. The molecule has 3 rings (SSSR count). The zero-order valence-electron chi connectivity index (χ0n) is 13.4. The van der Waals surface area contributed by atoms with Crippen LogP contribution >= 0.6 is 0 Å². The lowest BCUT2D eigenvalue weighted by Gasteiger charge is -2.44. The monoisotopic (exact) mass is 273 g/mol. The molecule has 4 atom stereocenters. The van der Waals surface area contributed by atoms with Crippen LogP contribution in [0.3, 0.4) is 0 Å². The van der Waals surface area contributed by atoms with E-state index in [2.05, 4.69) is 58.1 Å². The number of fused-ring (bicyclic) bond motifs is 2. The van der Waals surface area contributed by atoms with Crippen molar-refractivity contribution in [2.75, 3.05) is 5.32 Å². The minimum Gasteiger partial charge on any atom is -0.486 e. The first-order chi connectivity index (χ1) is 9.34. The predicted molar refractivity (Wildman–Crippen MR) is 84.5 cm³/mol. The zero-order chi connectivity index (χ0) is 14.5. The molecule has 110 valence electrons. The summed E-state index contributed by atoms with van der Waals surface area (Å²) in [4.78, 5) is 0. The van der Waals surface area contributed by atoms with Crippen molar-refractivity contribution in [2.24, 2.45) is 11.8 Å². The number of rotatable bonds is 0. The summed E-state index contributed by atoms with van der Waals surface area (Å²) in [7, 11) is 0. The second-order valence-electron chi connectivity index (χ2n) is 7.84. The lowest BCUT2D eigenvalue weighted by Crippen LogP contribution is -2.49. The van der Waals surface area contributed by atoms with Gasteiger partial charge in [-0.15, -0.1) is 0 Å². The maximum Gasteiger partial charge on any atom is 0.142 e. The molecule has 1 aliphatic heterocycles. The van der Waals surface area contributed by atoms with Gasteiger partial charge >= 0.3 is 0 Å². The molecular formula is C18H27NO. The van der Waals surface area contributed by atoms with Crippen molar-refractivity contribution in [3.63, 3.8) is 0 Å². The molecule has 1 aromatic carbocycles. The largest absolute Gasteiger partial charge is 0.486 e. The Morgan fingerprint density at radius 3 is 2.60 bits per heavy atom. The summed E-state index contributed by atoms with van der Waals surface area (Å²) >= 11 is 0. The molecule has 1 aliphatic carbocycles. The first-order valence-corrected chi connectivity index (χ1v) is 7.92. The summed E-state index contributed by atoms with van der Waals surface area (Å²) in [6, 6.07) is 7.09. The lowest BCUT2D eigenvalue weighted by molar-refractivity contribution is 0.0776. The lowest BCUT2D eigenvalue weighted by atomic mass is 9.77. The molecule has 20 heavy (non-hydrogen) atoms. The average molecular weight is 273 g/mol. The van der Waals surface area contributed by atoms with E-state index in [1.54, 1.807) is 0 Å². The Hall–Kier alpha value is -1.18. The van der Waals surface area contributed by atoms with Crippen LogP contribution in [-0.4, -0.2) is 12.1 Å². The molecule has 1 N–H and O–H groups in total. The molecule has 0 spiro atoms. The Morgan fingerprint density at radius 2 is 1.90 bits per heavy atom. The smallest absolute Gasteiger partial charge is 0.142 e. The molecule has 0 bridgehead atoms. The summed E-state index contributed by atoms with van der Waals surface area (Å²) in [5.41, 5.74) is 2.72. The van der Waals surface area contributed by atoms with Crippen LogP contribution in [-0.2, 0) is 5.41 Å². The molecule has 2 heteroatoms. The number of anilines is 1. The van der Waals surface area contributed by atoms with E-state index < -0.39 is 0 Å². The fourth-order valence-corrected chi connectivity index (χ4v) is 3.70. The minimum atomic E-state index is 0.181. The standard InChI is InChI=1S/C18H27NO/c1-11-8-12(2)17-16(9-11)20-15-7-6-13(18(3,4)5)10-14(15)19-17/h6-7,10-12,16-17,19H,8-9H2,1-5H3. The molecular weight excluding hydrogens is 246 g/mol. The summed E-state index contributed by atoms with van der Waals surface area (Å²) in [5.74, 6) is 2.47. The minimum absolute atomic E-state index is 0.181. The van der Waals surface area contributed by atoms with Crippen molar-refractivity contribution in [3.8, 4) is 5.75 Å². The van der Waals surface area contributed by atoms with Gasteiger partial charge in [0.1, 0.15) is 11.9 Å². The average Bonchev–Trinajstić information content (AvgIpc) is 2.35. The van der Waals surface area contributed by atoms with Crippen molar-refractivity contribution in [3.05, 3.63) is 23.8 Å². The number of benzene rings is 1. The van der Waals surface area contributed by atoms with Crippen LogP contribution in [0.25, 0.3) is 0 Å².